The molecule has 17 heavy (non-hydrogen) atoms. The number of fused-ring (bicyclic) bond motifs is 1. The summed E-state index contributed by atoms with van der Waals surface area (Å²) in [5, 5.41) is 11.1. The van der Waals surface area contributed by atoms with E-state index in [0.717, 1.165) is 11.1 Å². The third-order valence-corrected chi connectivity index (χ3v) is 2.59. The van der Waals surface area contributed by atoms with Crippen molar-refractivity contribution >= 4 is 17.8 Å². The number of aromatic nitrogens is 1. The number of hydrogen-bond donors (Lipinski definition) is 2. The summed E-state index contributed by atoms with van der Waals surface area (Å²) >= 11 is 0. The number of anilines is 1. The first-order chi connectivity index (χ1) is 7.99. The Morgan fingerprint density at radius 3 is 3.06 bits per heavy atom. The fraction of sp³-hybridized carbons (Fsp3) is 0.300. The summed E-state index contributed by atoms with van der Waals surface area (Å²) in [5.41, 5.74) is 0.872. The van der Waals surface area contributed by atoms with E-state index in [1.165, 1.54) is 0 Å². The van der Waals surface area contributed by atoms with Crippen LogP contribution in [0.25, 0.3) is 0 Å². The lowest BCUT2D eigenvalue weighted by molar-refractivity contribution is -0.137. The maximum Gasteiger partial charge on any atom is 0.323 e. The van der Waals surface area contributed by atoms with Crippen LogP contribution in [0.15, 0.2) is 6.20 Å². The largest absolute Gasteiger partial charge is 0.480 e. The van der Waals surface area contributed by atoms with Crippen molar-refractivity contribution in [1.82, 2.24) is 9.88 Å². The van der Waals surface area contributed by atoms with Gasteiger partial charge in [-0.1, -0.05) is 0 Å². The second-order valence-corrected chi connectivity index (χ2v) is 3.74. The van der Waals surface area contributed by atoms with Gasteiger partial charge in [-0.05, 0) is 12.5 Å². The van der Waals surface area contributed by atoms with Crippen LogP contribution in [-0.2, 0) is 11.3 Å². The number of pyridine rings is 1. The molecule has 1 aromatic rings. The Hall–Kier alpha value is -2.18. The van der Waals surface area contributed by atoms with Gasteiger partial charge in [-0.3, -0.25) is 10.1 Å². The number of hydrogen-bond acceptors (Lipinski definition) is 3. The van der Waals surface area contributed by atoms with E-state index in [0.29, 0.717) is 11.1 Å². The maximum atomic E-state index is 13.3. The minimum atomic E-state index is -1.12. The summed E-state index contributed by atoms with van der Waals surface area (Å²) < 4.78 is 13.3. The topological polar surface area (TPSA) is 82.5 Å². The van der Waals surface area contributed by atoms with Gasteiger partial charge >= 0.3 is 12.0 Å². The summed E-state index contributed by atoms with van der Waals surface area (Å²) in [6.45, 7) is 1.18. The highest BCUT2D eigenvalue weighted by Crippen LogP contribution is 2.25. The molecule has 2 heterocycles. The molecule has 1 aliphatic heterocycles. The van der Waals surface area contributed by atoms with Gasteiger partial charge in [-0.15, -0.1) is 0 Å². The lowest BCUT2D eigenvalue weighted by Gasteiger charge is -2.28. The van der Waals surface area contributed by atoms with E-state index in [1.54, 1.807) is 6.92 Å². The van der Waals surface area contributed by atoms with Gasteiger partial charge in [-0.2, -0.15) is 0 Å². The van der Waals surface area contributed by atoms with Gasteiger partial charge in [0.2, 0.25) is 0 Å². The Morgan fingerprint density at radius 2 is 2.41 bits per heavy atom. The Morgan fingerprint density at radius 1 is 1.71 bits per heavy atom. The molecule has 2 amide bonds. The monoisotopic (exact) mass is 239 g/mol. The zero-order valence-electron chi connectivity index (χ0n) is 9.03. The van der Waals surface area contributed by atoms with Crippen LogP contribution in [0, 0.1) is 12.7 Å². The number of aliphatic carboxylic acids is 1. The van der Waals surface area contributed by atoms with Crippen molar-refractivity contribution in [2.24, 2.45) is 0 Å². The summed E-state index contributed by atoms with van der Waals surface area (Å²) in [5.74, 6) is -1.31. The zero-order chi connectivity index (χ0) is 12.6. The fourth-order valence-corrected chi connectivity index (χ4v) is 1.65. The predicted octanol–water partition coefficient (Wildman–Crippen LogP) is 0.961. The molecule has 0 saturated heterocycles. The predicted molar refractivity (Wildman–Crippen MR) is 56.0 cm³/mol. The molecule has 1 aromatic heterocycles. The van der Waals surface area contributed by atoms with Crippen LogP contribution in [0.2, 0.25) is 0 Å². The molecular weight excluding hydrogens is 229 g/mol. The van der Waals surface area contributed by atoms with Crippen molar-refractivity contribution in [2.75, 3.05) is 11.9 Å². The number of nitrogens with zero attached hydrogens (tertiary/aromatic N) is 2. The fourth-order valence-electron chi connectivity index (χ4n) is 1.65. The molecule has 90 valence electrons. The number of nitrogens with one attached hydrogen (secondary N) is 1. The van der Waals surface area contributed by atoms with Crippen LogP contribution in [0.5, 0.6) is 0 Å². The lowest BCUT2D eigenvalue weighted by atomic mass is 10.1. The summed E-state index contributed by atoms with van der Waals surface area (Å²) in [6, 6.07) is -0.543. The highest BCUT2D eigenvalue weighted by molar-refractivity contribution is 5.93. The zero-order valence-corrected chi connectivity index (χ0v) is 9.03. The summed E-state index contributed by atoms with van der Waals surface area (Å²) in [6.07, 6.45) is 1.03. The first-order valence-electron chi connectivity index (χ1n) is 4.90. The number of carboxylic acids is 1. The number of urea groups is 1. The van der Waals surface area contributed by atoms with Crippen molar-refractivity contribution in [3.63, 3.8) is 0 Å². The van der Waals surface area contributed by atoms with Crippen molar-refractivity contribution < 1.29 is 19.1 Å². The summed E-state index contributed by atoms with van der Waals surface area (Å²) in [4.78, 5) is 26.9. The van der Waals surface area contributed by atoms with E-state index >= 15 is 0 Å². The molecule has 0 unspecified atom stereocenters. The van der Waals surface area contributed by atoms with Crippen LogP contribution < -0.4 is 5.32 Å². The molecule has 0 fully saturated rings. The van der Waals surface area contributed by atoms with E-state index in [9.17, 15) is 14.0 Å². The first-order valence-corrected chi connectivity index (χ1v) is 4.90. The van der Waals surface area contributed by atoms with Crippen LogP contribution >= 0.6 is 0 Å². The molecule has 0 atom stereocenters. The maximum absolute atomic E-state index is 13.3. The molecule has 2 rings (SSSR count). The molecule has 0 spiro atoms. The second kappa shape index (κ2) is 4.00. The third kappa shape index (κ3) is 2.03. The van der Waals surface area contributed by atoms with Crippen molar-refractivity contribution in [3.8, 4) is 0 Å². The van der Waals surface area contributed by atoms with Gasteiger partial charge in [0.15, 0.2) is 0 Å². The van der Waals surface area contributed by atoms with E-state index < -0.39 is 24.4 Å². The molecule has 2 N–H and O–H groups in total. The lowest BCUT2D eigenvalue weighted by Crippen LogP contribution is -2.42. The van der Waals surface area contributed by atoms with Crippen molar-refractivity contribution in [3.05, 3.63) is 23.1 Å². The van der Waals surface area contributed by atoms with E-state index in [1.807, 2.05) is 0 Å². The normalized spacial score (nSPS) is 14.2. The molecular formula is C10H10FN3O3. The average Bonchev–Trinajstić information content (AvgIpc) is 2.25. The van der Waals surface area contributed by atoms with Crippen LogP contribution in [0.1, 0.15) is 11.1 Å². The standard InChI is InChI=1S/C10H10FN3O3/c1-5-6-3-14(4-8(15)16)10(17)13-9(6)12-2-7(5)11/h2H,3-4H2,1H3,(H,15,16)(H,12,13,17). The minimum Gasteiger partial charge on any atom is -0.480 e. The van der Waals surface area contributed by atoms with Gasteiger partial charge in [0, 0.05) is 5.56 Å². The molecule has 0 aliphatic carbocycles. The van der Waals surface area contributed by atoms with Gasteiger partial charge < -0.3 is 10.0 Å². The molecule has 1 aliphatic rings. The molecule has 7 heteroatoms. The van der Waals surface area contributed by atoms with E-state index in [2.05, 4.69) is 10.3 Å². The molecule has 0 aromatic carbocycles. The Bertz CT molecular complexity index is 504. The Labute approximate surface area is 96.1 Å². The summed E-state index contributed by atoms with van der Waals surface area (Å²) in [7, 11) is 0. The number of halogens is 1. The molecule has 6 nitrogen and oxygen atoms in total. The van der Waals surface area contributed by atoms with Crippen LogP contribution in [0.3, 0.4) is 0 Å². The highest BCUT2D eigenvalue weighted by atomic mass is 19.1. The minimum absolute atomic E-state index is 0.0457. The quantitative estimate of drug-likeness (QED) is 0.805. The van der Waals surface area contributed by atoms with E-state index in [4.69, 9.17) is 5.11 Å². The third-order valence-electron chi connectivity index (χ3n) is 2.59. The molecule has 0 radical (unpaired) electrons. The van der Waals surface area contributed by atoms with Gasteiger partial charge in [0.25, 0.3) is 0 Å². The number of rotatable bonds is 2. The van der Waals surface area contributed by atoms with Gasteiger partial charge in [0.05, 0.1) is 12.7 Å². The van der Waals surface area contributed by atoms with Crippen molar-refractivity contribution in [2.45, 2.75) is 13.5 Å². The second-order valence-electron chi connectivity index (χ2n) is 3.74. The first kappa shape index (κ1) is 11.3. The van der Waals surface area contributed by atoms with Crippen molar-refractivity contribution in [1.29, 1.82) is 0 Å². The Balaban J connectivity index is 2.35. The average molecular weight is 239 g/mol. The highest BCUT2D eigenvalue weighted by Gasteiger charge is 2.27. The van der Waals surface area contributed by atoms with Gasteiger partial charge in [-0.25, -0.2) is 14.2 Å². The Kier molecular flexibility index (Phi) is 2.66. The van der Waals surface area contributed by atoms with E-state index in [-0.39, 0.29) is 12.4 Å². The number of carboxylic acid groups (broad SMARTS) is 1. The SMILES string of the molecule is Cc1c(F)cnc2c1CN(CC(=O)O)C(=O)N2. The molecule has 0 saturated carbocycles. The van der Waals surface area contributed by atoms with Gasteiger partial charge in [0.1, 0.15) is 18.2 Å². The number of carbonyl (C=O) groups is 2. The van der Waals surface area contributed by atoms with Crippen LogP contribution in [-0.4, -0.2) is 33.5 Å². The van der Waals surface area contributed by atoms with Crippen LogP contribution in [0.4, 0.5) is 15.0 Å². The molecule has 0 bridgehead atoms. The smallest absolute Gasteiger partial charge is 0.323 e. The number of carbonyl (C=O) groups excluding carboxylic acids is 1. The number of amides is 2.